The van der Waals surface area contributed by atoms with E-state index in [0.29, 0.717) is 18.2 Å². The zero-order chi connectivity index (χ0) is 14.4. The topological polar surface area (TPSA) is 64.4 Å². The van der Waals surface area contributed by atoms with Gasteiger partial charge in [0.25, 0.3) is 0 Å². The Hall–Kier alpha value is -1.55. The number of hydrogen-bond donors (Lipinski definition) is 2. The molecule has 106 valence electrons. The molecule has 0 unspecified atom stereocenters. The van der Waals surface area contributed by atoms with Crippen molar-refractivity contribution in [1.29, 1.82) is 0 Å². The summed E-state index contributed by atoms with van der Waals surface area (Å²) in [4.78, 5) is 11.5. The number of amides is 1. The molecule has 0 radical (unpaired) electrons. The number of aryl methyl sites for hydroxylation is 1. The first-order valence-corrected chi connectivity index (χ1v) is 6.70. The fourth-order valence-electron chi connectivity index (χ4n) is 1.49. The zero-order valence-corrected chi connectivity index (χ0v) is 12.2. The number of anilines is 1. The lowest BCUT2D eigenvalue weighted by Gasteiger charge is -2.13. The van der Waals surface area contributed by atoms with E-state index >= 15 is 0 Å². The molecular formula is C15H24N2O2. The van der Waals surface area contributed by atoms with E-state index in [-0.39, 0.29) is 5.91 Å². The third-order valence-corrected chi connectivity index (χ3v) is 2.82. The Bertz CT molecular complexity index is 428. The molecule has 0 spiro atoms. The van der Waals surface area contributed by atoms with Gasteiger partial charge >= 0.3 is 0 Å². The highest BCUT2D eigenvalue weighted by Crippen LogP contribution is 2.23. The molecule has 4 heteroatoms. The third-order valence-electron chi connectivity index (χ3n) is 2.82. The molecule has 0 saturated heterocycles. The molecular weight excluding hydrogens is 240 g/mol. The maximum absolute atomic E-state index is 11.5. The van der Waals surface area contributed by atoms with Gasteiger partial charge in [-0.15, -0.1) is 0 Å². The summed E-state index contributed by atoms with van der Waals surface area (Å²) >= 11 is 0. The highest BCUT2D eigenvalue weighted by Gasteiger charge is 2.09. The zero-order valence-electron chi connectivity index (χ0n) is 12.2. The second kappa shape index (κ2) is 7.14. The number of nitrogens with two attached hydrogens (primary N) is 1. The van der Waals surface area contributed by atoms with Crippen LogP contribution in [-0.2, 0) is 4.79 Å². The van der Waals surface area contributed by atoms with Crippen molar-refractivity contribution in [3.8, 4) is 5.75 Å². The molecule has 4 nitrogen and oxygen atoms in total. The number of carbonyl (C=O) groups is 1. The highest BCUT2D eigenvalue weighted by atomic mass is 16.5. The van der Waals surface area contributed by atoms with Crippen molar-refractivity contribution in [3.63, 3.8) is 0 Å². The molecule has 0 saturated carbocycles. The number of hydrogen-bond acceptors (Lipinski definition) is 3. The normalized spacial score (nSPS) is 12.3. The van der Waals surface area contributed by atoms with E-state index in [2.05, 4.69) is 19.2 Å². The van der Waals surface area contributed by atoms with Gasteiger partial charge in [0.2, 0.25) is 5.91 Å². The predicted octanol–water partition coefficient (Wildman–Crippen LogP) is 2.71. The van der Waals surface area contributed by atoms with Crippen molar-refractivity contribution >= 4 is 11.6 Å². The summed E-state index contributed by atoms with van der Waals surface area (Å²) in [5.74, 6) is 1.22. The van der Waals surface area contributed by atoms with E-state index in [9.17, 15) is 4.79 Å². The summed E-state index contributed by atoms with van der Waals surface area (Å²) in [5.41, 5.74) is 7.30. The van der Waals surface area contributed by atoms with E-state index < -0.39 is 6.04 Å². The first kappa shape index (κ1) is 15.5. The average Bonchev–Trinajstić information content (AvgIpc) is 2.32. The van der Waals surface area contributed by atoms with E-state index in [1.165, 1.54) is 0 Å². The molecule has 0 aliphatic rings. The largest absolute Gasteiger partial charge is 0.493 e. The average molecular weight is 264 g/mol. The molecule has 0 bridgehead atoms. The summed E-state index contributed by atoms with van der Waals surface area (Å²) in [6.45, 7) is 8.65. The van der Waals surface area contributed by atoms with Crippen LogP contribution in [0.3, 0.4) is 0 Å². The van der Waals surface area contributed by atoms with Crippen molar-refractivity contribution in [1.82, 2.24) is 0 Å². The Morgan fingerprint density at radius 1 is 1.37 bits per heavy atom. The summed E-state index contributed by atoms with van der Waals surface area (Å²) in [7, 11) is 0. The molecule has 1 aromatic rings. The van der Waals surface area contributed by atoms with Crippen LogP contribution < -0.4 is 15.8 Å². The SMILES string of the molecule is Cc1ccc(NC(=O)[C@H](C)N)cc1OCCC(C)C. The second-order valence-electron chi connectivity index (χ2n) is 5.29. The minimum absolute atomic E-state index is 0.197. The molecule has 0 heterocycles. The van der Waals surface area contributed by atoms with Gasteiger partial charge in [0, 0.05) is 11.8 Å². The van der Waals surface area contributed by atoms with Crippen LogP contribution in [-0.4, -0.2) is 18.6 Å². The molecule has 1 aromatic carbocycles. The van der Waals surface area contributed by atoms with Gasteiger partial charge in [0.05, 0.1) is 12.6 Å². The molecule has 0 aliphatic carbocycles. The van der Waals surface area contributed by atoms with Crippen LogP contribution in [0.1, 0.15) is 32.8 Å². The summed E-state index contributed by atoms with van der Waals surface area (Å²) < 4.78 is 5.75. The number of rotatable bonds is 6. The fraction of sp³-hybridized carbons (Fsp3) is 0.533. The Morgan fingerprint density at radius 2 is 2.05 bits per heavy atom. The van der Waals surface area contributed by atoms with Gasteiger partial charge in [0.1, 0.15) is 5.75 Å². The number of ether oxygens (including phenoxy) is 1. The van der Waals surface area contributed by atoms with Gasteiger partial charge in [-0.25, -0.2) is 0 Å². The van der Waals surface area contributed by atoms with Crippen LogP contribution in [0.15, 0.2) is 18.2 Å². The van der Waals surface area contributed by atoms with Gasteiger partial charge in [-0.1, -0.05) is 19.9 Å². The van der Waals surface area contributed by atoms with Gasteiger partial charge in [-0.2, -0.15) is 0 Å². The lowest BCUT2D eigenvalue weighted by molar-refractivity contribution is -0.117. The Labute approximate surface area is 115 Å². The maximum atomic E-state index is 11.5. The molecule has 1 rings (SSSR count). The minimum Gasteiger partial charge on any atom is -0.493 e. The molecule has 0 fully saturated rings. The van der Waals surface area contributed by atoms with Crippen molar-refractivity contribution in [2.45, 2.75) is 40.2 Å². The fourth-order valence-corrected chi connectivity index (χ4v) is 1.49. The van der Waals surface area contributed by atoms with E-state index in [1.807, 2.05) is 25.1 Å². The van der Waals surface area contributed by atoms with Crippen molar-refractivity contribution in [3.05, 3.63) is 23.8 Å². The van der Waals surface area contributed by atoms with Gasteiger partial charge in [-0.3, -0.25) is 4.79 Å². The van der Waals surface area contributed by atoms with Crippen molar-refractivity contribution in [2.24, 2.45) is 11.7 Å². The Kier molecular flexibility index (Phi) is 5.83. The highest BCUT2D eigenvalue weighted by molar-refractivity contribution is 5.94. The van der Waals surface area contributed by atoms with E-state index in [0.717, 1.165) is 17.7 Å². The van der Waals surface area contributed by atoms with Crippen LogP contribution in [0.5, 0.6) is 5.75 Å². The Morgan fingerprint density at radius 3 is 2.63 bits per heavy atom. The molecule has 19 heavy (non-hydrogen) atoms. The van der Waals surface area contributed by atoms with Crippen LogP contribution in [0.4, 0.5) is 5.69 Å². The molecule has 1 atom stereocenters. The first-order chi connectivity index (χ1) is 8.90. The minimum atomic E-state index is -0.522. The van der Waals surface area contributed by atoms with Gasteiger partial charge < -0.3 is 15.8 Å². The first-order valence-electron chi connectivity index (χ1n) is 6.70. The standard InChI is InChI=1S/C15H24N2O2/c1-10(2)7-8-19-14-9-13(6-5-11(14)3)17-15(18)12(4)16/h5-6,9-10,12H,7-8,16H2,1-4H3,(H,17,18)/t12-/m0/s1. The number of carbonyl (C=O) groups excluding carboxylic acids is 1. The monoisotopic (exact) mass is 264 g/mol. The van der Waals surface area contributed by atoms with Crippen LogP contribution in [0.2, 0.25) is 0 Å². The summed E-state index contributed by atoms with van der Waals surface area (Å²) in [6, 6.07) is 5.11. The van der Waals surface area contributed by atoms with Crippen molar-refractivity contribution < 1.29 is 9.53 Å². The lowest BCUT2D eigenvalue weighted by Crippen LogP contribution is -2.32. The Balaban J connectivity index is 2.68. The number of nitrogens with one attached hydrogen (secondary N) is 1. The third kappa shape index (κ3) is 5.30. The molecule has 0 aromatic heterocycles. The molecule has 3 N–H and O–H groups in total. The van der Waals surface area contributed by atoms with Crippen LogP contribution in [0.25, 0.3) is 0 Å². The number of benzene rings is 1. The van der Waals surface area contributed by atoms with Crippen LogP contribution in [0, 0.1) is 12.8 Å². The van der Waals surface area contributed by atoms with Gasteiger partial charge in [-0.05, 0) is 37.8 Å². The predicted molar refractivity (Wildman–Crippen MR) is 78.4 cm³/mol. The quantitative estimate of drug-likeness (QED) is 0.830. The van der Waals surface area contributed by atoms with E-state index in [1.54, 1.807) is 6.92 Å². The van der Waals surface area contributed by atoms with E-state index in [4.69, 9.17) is 10.5 Å². The summed E-state index contributed by atoms with van der Waals surface area (Å²) in [6.07, 6.45) is 1.01. The molecule has 1 amide bonds. The molecule has 0 aliphatic heterocycles. The summed E-state index contributed by atoms with van der Waals surface area (Å²) in [5, 5.41) is 2.76. The lowest BCUT2D eigenvalue weighted by atomic mass is 10.1. The second-order valence-corrected chi connectivity index (χ2v) is 5.29. The van der Waals surface area contributed by atoms with Crippen molar-refractivity contribution in [2.75, 3.05) is 11.9 Å². The smallest absolute Gasteiger partial charge is 0.241 e. The van der Waals surface area contributed by atoms with Crippen LogP contribution >= 0.6 is 0 Å². The maximum Gasteiger partial charge on any atom is 0.241 e. The van der Waals surface area contributed by atoms with Gasteiger partial charge in [0.15, 0.2) is 0 Å².